The van der Waals surface area contributed by atoms with Gasteiger partial charge in [0.15, 0.2) is 0 Å². The number of carbonyl (C=O) groups is 2. The molecule has 4 aromatic rings. The van der Waals surface area contributed by atoms with E-state index in [0.717, 1.165) is 27.8 Å². The number of nitrogens with one attached hydrogen (secondary N) is 1. The zero-order chi connectivity index (χ0) is 22.9. The molecule has 1 aliphatic rings. The summed E-state index contributed by atoms with van der Waals surface area (Å²) in [4.78, 5) is 33.8. The molecule has 0 aliphatic carbocycles. The minimum atomic E-state index is -0.141. The molecular formula is C28H27N3O2. The van der Waals surface area contributed by atoms with Crippen molar-refractivity contribution >= 4 is 34.1 Å². The zero-order valence-electron chi connectivity index (χ0n) is 18.9. The Balaban J connectivity index is 1.58. The number of nitrogens with zero attached hydrogens (tertiary/aromatic N) is 2. The first kappa shape index (κ1) is 21.0. The van der Waals surface area contributed by atoms with Crippen LogP contribution in [0.25, 0.3) is 10.9 Å². The minimum Gasteiger partial charge on any atom is -0.351 e. The maximum absolute atomic E-state index is 13.7. The number of para-hydroxylation sites is 3. The molecule has 5 heteroatoms. The number of amides is 2. The first-order valence-corrected chi connectivity index (χ1v) is 11.5. The SMILES string of the molecule is CCC(=O)N(c1ccccc1)[C@H]1C[C@@H](C)N(C(=O)c2cc3ccccc3[nH]2)c2ccccc21. The number of H-pyrrole nitrogens is 1. The van der Waals surface area contributed by atoms with Crippen LogP contribution in [0.2, 0.25) is 0 Å². The molecule has 2 atom stereocenters. The molecule has 0 unspecified atom stereocenters. The van der Waals surface area contributed by atoms with Crippen molar-refractivity contribution in [2.45, 2.75) is 38.8 Å². The summed E-state index contributed by atoms with van der Waals surface area (Å²) in [6.45, 7) is 3.95. The lowest BCUT2D eigenvalue weighted by Crippen LogP contribution is -2.47. The van der Waals surface area contributed by atoms with Crippen LogP contribution in [0, 0.1) is 0 Å². The van der Waals surface area contributed by atoms with Crippen molar-refractivity contribution in [3.63, 3.8) is 0 Å². The molecule has 166 valence electrons. The lowest BCUT2D eigenvalue weighted by Gasteiger charge is -2.43. The second kappa shape index (κ2) is 8.58. The lowest BCUT2D eigenvalue weighted by atomic mass is 9.89. The third-order valence-electron chi connectivity index (χ3n) is 6.46. The fourth-order valence-corrected chi connectivity index (χ4v) is 4.91. The lowest BCUT2D eigenvalue weighted by molar-refractivity contribution is -0.118. The number of hydrogen-bond acceptors (Lipinski definition) is 2. The van der Waals surface area contributed by atoms with Gasteiger partial charge in [-0.2, -0.15) is 0 Å². The van der Waals surface area contributed by atoms with E-state index in [-0.39, 0.29) is 23.9 Å². The van der Waals surface area contributed by atoms with Crippen LogP contribution in [0.1, 0.15) is 48.8 Å². The van der Waals surface area contributed by atoms with Crippen LogP contribution in [0.5, 0.6) is 0 Å². The highest BCUT2D eigenvalue weighted by Gasteiger charge is 2.38. The smallest absolute Gasteiger partial charge is 0.274 e. The number of carbonyl (C=O) groups excluding carboxylic acids is 2. The van der Waals surface area contributed by atoms with Crippen molar-refractivity contribution in [3.05, 3.63) is 96.2 Å². The van der Waals surface area contributed by atoms with Gasteiger partial charge >= 0.3 is 0 Å². The molecule has 0 bridgehead atoms. The number of fused-ring (bicyclic) bond motifs is 2. The third-order valence-corrected chi connectivity index (χ3v) is 6.46. The average Bonchev–Trinajstić information content (AvgIpc) is 3.29. The van der Waals surface area contributed by atoms with Gasteiger partial charge in [0, 0.05) is 34.7 Å². The number of aromatic amines is 1. The molecule has 1 N–H and O–H groups in total. The Hall–Kier alpha value is -3.86. The van der Waals surface area contributed by atoms with E-state index >= 15 is 0 Å². The summed E-state index contributed by atoms with van der Waals surface area (Å²) in [6, 6.07) is 27.4. The van der Waals surface area contributed by atoms with E-state index in [4.69, 9.17) is 0 Å². The summed E-state index contributed by atoms with van der Waals surface area (Å²) < 4.78 is 0. The highest BCUT2D eigenvalue weighted by Crippen LogP contribution is 2.43. The number of aromatic nitrogens is 1. The highest BCUT2D eigenvalue weighted by molar-refractivity contribution is 6.09. The van der Waals surface area contributed by atoms with Crippen LogP contribution in [0.4, 0.5) is 11.4 Å². The normalized spacial score (nSPS) is 17.6. The zero-order valence-corrected chi connectivity index (χ0v) is 18.9. The number of anilines is 2. The van der Waals surface area contributed by atoms with Gasteiger partial charge < -0.3 is 14.8 Å². The molecule has 1 aromatic heterocycles. The Morgan fingerprint density at radius 2 is 1.67 bits per heavy atom. The first-order valence-electron chi connectivity index (χ1n) is 11.5. The van der Waals surface area contributed by atoms with E-state index in [1.807, 2.05) is 102 Å². The van der Waals surface area contributed by atoms with E-state index in [2.05, 4.69) is 11.9 Å². The van der Waals surface area contributed by atoms with Crippen LogP contribution in [-0.4, -0.2) is 22.8 Å². The van der Waals surface area contributed by atoms with E-state index in [1.54, 1.807) is 0 Å². The predicted octanol–water partition coefficient (Wildman–Crippen LogP) is 6.09. The molecular weight excluding hydrogens is 410 g/mol. The van der Waals surface area contributed by atoms with Crippen LogP contribution in [-0.2, 0) is 4.79 Å². The van der Waals surface area contributed by atoms with Crippen molar-refractivity contribution < 1.29 is 9.59 Å². The van der Waals surface area contributed by atoms with E-state index < -0.39 is 0 Å². The summed E-state index contributed by atoms with van der Waals surface area (Å²) >= 11 is 0. The van der Waals surface area contributed by atoms with E-state index in [0.29, 0.717) is 18.5 Å². The van der Waals surface area contributed by atoms with Crippen molar-refractivity contribution in [1.82, 2.24) is 4.98 Å². The molecule has 33 heavy (non-hydrogen) atoms. The Kier molecular flexibility index (Phi) is 5.47. The van der Waals surface area contributed by atoms with Crippen molar-refractivity contribution in [1.29, 1.82) is 0 Å². The summed E-state index contributed by atoms with van der Waals surface area (Å²) in [7, 11) is 0. The Labute approximate surface area is 193 Å². The molecule has 2 heterocycles. The van der Waals surface area contributed by atoms with Crippen molar-refractivity contribution in [2.75, 3.05) is 9.80 Å². The maximum atomic E-state index is 13.7. The predicted molar refractivity (Wildman–Crippen MR) is 133 cm³/mol. The fourth-order valence-electron chi connectivity index (χ4n) is 4.91. The van der Waals surface area contributed by atoms with Crippen LogP contribution < -0.4 is 9.80 Å². The number of hydrogen-bond donors (Lipinski definition) is 1. The van der Waals surface area contributed by atoms with Gasteiger partial charge in [0.1, 0.15) is 5.69 Å². The fraction of sp³-hybridized carbons (Fsp3) is 0.214. The third kappa shape index (κ3) is 3.69. The Morgan fingerprint density at radius 1 is 0.970 bits per heavy atom. The van der Waals surface area contributed by atoms with Crippen molar-refractivity contribution in [3.8, 4) is 0 Å². The molecule has 0 fully saturated rings. The van der Waals surface area contributed by atoms with Gasteiger partial charge in [0.25, 0.3) is 5.91 Å². The van der Waals surface area contributed by atoms with Crippen LogP contribution in [0.15, 0.2) is 84.9 Å². The molecule has 2 amide bonds. The van der Waals surface area contributed by atoms with Gasteiger partial charge in [0.05, 0.1) is 6.04 Å². The topological polar surface area (TPSA) is 56.4 Å². The van der Waals surface area contributed by atoms with E-state index in [1.165, 1.54) is 0 Å². The molecule has 0 radical (unpaired) electrons. The summed E-state index contributed by atoms with van der Waals surface area (Å²) in [6.07, 6.45) is 1.07. The Morgan fingerprint density at radius 3 is 2.42 bits per heavy atom. The number of benzene rings is 3. The van der Waals surface area contributed by atoms with Gasteiger partial charge in [0.2, 0.25) is 5.91 Å². The van der Waals surface area contributed by atoms with Crippen LogP contribution in [0.3, 0.4) is 0 Å². The molecule has 3 aromatic carbocycles. The molecule has 1 aliphatic heterocycles. The van der Waals surface area contributed by atoms with Crippen molar-refractivity contribution in [2.24, 2.45) is 0 Å². The minimum absolute atomic E-state index is 0.0577. The summed E-state index contributed by atoms with van der Waals surface area (Å²) in [5.41, 5.74) is 4.24. The molecule has 0 saturated carbocycles. The molecule has 0 saturated heterocycles. The quantitative estimate of drug-likeness (QED) is 0.420. The first-order chi connectivity index (χ1) is 16.1. The number of rotatable bonds is 4. The maximum Gasteiger partial charge on any atom is 0.274 e. The molecule has 5 nitrogen and oxygen atoms in total. The average molecular weight is 438 g/mol. The second-order valence-electron chi connectivity index (χ2n) is 8.56. The van der Waals surface area contributed by atoms with Crippen LogP contribution >= 0.6 is 0 Å². The van der Waals surface area contributed by atoms with Gasteiger partial charge in [-0.3, -0.25) is 9.59 Å². The molecule has 5 rings (SSSR count). The molecule has 0 spiro atoms. The van der Waals surface area contributed by atoms with Gasteiger partial charge in [-0.1, -0.05) is 61.5 Å². The van der Waals surface area contributed by atoms with Gasteiger partial charge in [-0.25, -0.2) is 0 Å². The van der Waals surface area contributed by atoms with E-state index in [9.17, 15) is 9.59 Å². The highest BCUT2D eigenvalue weighted by atomic mass is 16.2. The summed E-state index contributed by atoms with van der Waals surface area (Å²) in [5.74, 6) is 0.0151. The monoisotopic (exact) mass is 437 g/mol. The summed E-state index contributed by atoms with van der Waals surface area (Å²) in [5, 5.41) is 1.01. The standard InChI is InChI=1S/C28H27N3O2/c1-3-27(32)31(21-12-5-4-6-13-21)26-17-19(2)30(25-16-10-8-14-22(25)26)28(33)24-18-20-11-7-9-15-23(20)29-24/h4-16,18-19,26,29H,3,17H2,1-2H3/t19-,26+/m1/s1. The largest absolute Gasteiger partial charge is 0.351 e. The van der Waals surface area contributed by atoms with Gasteiger partial charge in [-0.15, -0.1) is 0 Å². The Bertz CT molecular complexity index is 1280. The van der Waals surface area contributed by atoms with Gasteiger partial charge in [-0.05, 0) is 49.2 Å². The second-order valence-corrected chi connectivity index (χ2v) is 8.56.